The highest BCUT2D eigenvalue weighted by atomic mass is 79.9. The molecule has 1 amide bonds. The molecule has 0 spiro atoms. The van der Waals surface area contributed by atoms with Crippen LogP contribution in [0, 0.1) is 0 Å². The third-order valence-corrected chi connectivity index (χ3v) is 3.46. The molecular formula is C13H15BrClN3O. The number of carbonyl (C=O) groups is 1. The van der Waals surface area contributed by atoms with Crippen molar-refractivity contribution in [3.8, 4) is 0 Å². The number of hydrogen-bond acceptors (Lipinski definition) is 2. The minimum absolute atomic E-state index is 0.0386. The SMILES string of the molecule is CCNC(=O)Cn1c(C(C)Cl)nc2cc(Br)ccc21. The van der Waals surface area contributed by atoms with E-state index in [4.69, 9.17) is 11.6 Å². The van der Waals surface area contributed by atoms with Crippen molar-refractivity contribution < 1.29 is 4.79 Å². The number of aromatic nitrogens is 2. The van der Waals surface area contributed by atoms with Crippen LogP contribution in [0.15, 0.2) is 22.7 Å². The highest BCUT2D eigenvalue weighted by Crippen LogP contribution is 2.26. The van der Waals surface area contributed by atoms with Crippen molar-refractivity contribution in [2.24, 2.45) is 0 Å². The second-order valence-electron chi connectivity index (χ2n) is 4.26. The Bertz CT molecular complexity index is 609. The van der Waals surface area contributed by atoms with Crippen LogP contribution in [0.5, 0.6) is 0 Å². The molecule has 6 heteroatoms. The van der Waals surface area contributed by atoms with Crippen molar-refractivity contribution >= 4 is 44.5 Å². The van der Waals surface area contributed by atoms with Crippen LogP contribution >= 0.6 is 27.5 Å². The Hall–Kier alpha value is -1.07. The van der Waals surface area contributed by atoms with Crippen LogP contribution in [-0.4, -0.2) is 22.0 Å². The van der Waals surface area contributed by atoms with Gasteiger partial charge >= 0.3 is 0 Å². The quantitative estimate of drug-likeness (QED) is 0.866. The third-order valence-electron chi connectivity index (χ3n) is 2.77. The number of rotatable bonds is 4. The summed E-state index contributed by atoms with van der Waals surface area (Å²) in [6, 6.07) is 5.79. The lowest BCUT2D eigenvalue weighted by atomic mass is 10.3. The zero-order chi connectivity index (χ0) is 14.0. The molecule has 1 N–H and O–H groups in total. The second-order valence-corrected chi connectivity index (χ2v) is 5.83. The van der Waals surface area contributed by atoms with E-state index in [1.54, 1.807) is 0 Å². The zero-order valence-corrected chi connectivity index (χ0v) is 13.1. The summed E-state index contributed by atoms with van der Waals surface area (Å²) in [6.45, 7) is 4.60. The molecule has 0 radical (unpaired) electrons. The fourth-order valence-electron chi connectivity index (χ4n) is 1.99. The molecule has 1 atom stereocenters. The minimum Gasteiger partial charge on any atom is -0.355 e. The Balaban J connectivity index is 2.49. The second kappa shape index (κ2) is 5.92. The molecule has 102 valence electrons. The van der Waals surface area contributed by atoms with Gasteiger partial charge in [0, 0.05) is 11.0 Å². The average molecular weight is 345 g/mol. The molecule has 0 fully saturated rings. The molecule has 19 heavy (non-hydrogen) atoms. The van der Waals surface area contributed by atoms with Crippen molar-refractivity contribution in [1.82, 2.24) is 14.9 Å². The molecule has 0 aliphatic rings. The van der Waals surface area contributed by atoms with Crippen LogP contribution in [0.3, 0.4) is 0 Å². The predicted octanol–water partition coefficient (Wildman–Crippen LogP) is 3.23. The van der Waals surface area contributed by atoms with Crippen molar-refractivity contribution in [2.75, 3.05) is 6.54 Å². The number of fused-ring (bicyclic) bond motifs is 1. The number of nitrogens with one attached hydrogen (secondary N) is 1. The Labute approximate surface area is 125 Å². The van der Waals surface area contributed by atoms with Gasteiger partial charge in [0.15, 0.2) is 0 Å². The van der Waals surface area contributed by atoms with Crippen LogP contribution < -0.4 is 5.32 Å². The Morgan fingerprint density at radius 1 is 1.58 bits per heavy atom. The first-order chi connectivity index (χ1) is 9.02. The van der Waals surface area contributed by atoms with E-state index in [1.165, 1.54) is 0 Å². The fourth-order valence-corrected chi connectivity index (χ4v) is 2.50. The molecule has 1 heterocycles. The standard InChI is InChI=1S/C13H15BrClN3O/c1-3-16-12(19)7-18-11-5-4-9(14)6-10(11)17-13(18)8(2)15/h4-6,8H,3,7H2,1-2H3,(H,16,19). The van der Waals surface area contributed by atoms with E-state index in [0.717, 1.165) is 15.5 Å². The molecule has 1 unspecified atom stereocenters. The van der Waals surface area contributed by atoms with E-state index >= 15 is 0 Å². The lowest BCUT2D eigenvalue weighted by Gasteiger charge is -2.10. The number of benzene rings is 1. The van der Waals surface area contributed by atoms with Gasteiger partial charge in [-0.15, -0.1) is 11.6 Å². The van der Waals surface area contributed by atoms with E-state index in [9.17, 15) is 4.79 Å². The average Bonchev–Trinajstić information content (AvgIpc) is 2.67. The highest BCUT2D eigenvalue weighted by Gasteiger charge is 2.16. The molecule has 0 aliphatic heterocycles. The fraction of sp³-hybridized carbons (Fsp3) is 0.385. The summed E-state index contributed by atoms with van der Waals surface area (Å²) in [5, 5.41) is 2.54. The van der Waals surface area contributed by atoms with Crippen molar-refractivity contribution in [2.45, 2.75) is 25.8 Å². The minimum atomic E-state index is -0.249. The number of alkyl halides is 1. The predicted molar refractivity (Wildman–Crippen MR) is 80.4 cm³/mol. The molecule has 1 aromatic heterocycles. The number of imidazole rings is 1. The van der Waals surface area contributed by atoms with Crippen LogP contribution in [0.4, 0.5) is 0 Å². The summed E-state index contributed by atoms with van der Waals surface area (Å²) >= 11 is 9.57. The monoisotopic (exact) mass is 343 g/mol. The number of nitrogens with zero attached hydrogens (tertiary/aromatic N) is 2. The first kappa shape index (κ1) is 14.3. The Morgan fingerprint density at radius 3 is 2.95 bits per heavy atom. The van der Waals surface area contributed by atoms with E-state index in [0.29, 0.717) is 12.4 Å². The van der Waals surface area contributed by atoms with Gasteiger partial charge in [0.25, 0.3) is 0 Å². The summed E-state index contributed by atoms with van der Waals surface area (Å²) in [5.41, 5.74) is 1.75. The number of halogens is 2. The van der Waals surface area contributed by atoms with Gasteiger partial charge in [0.1, 0.15) is 12.4 Å². The summed E-state index contributed by atoms with van der Waals surface area (Å²) in [7, 11) is 0. The van der Waals surface area contributed by atoms with Gasteiger partial charge in [-0.25, -0.2) is 4.98 Å². The van der Waals surface area contributed by atoms with Gasteiger partial charge in [-0.2, -0.15) is 0 Å². The number of amides is 1. The largest absolute Gasteiger partial charge is 0.355 e. The van der Waals surface area contributed by atoms with Crippen molar-refractivity contribution in [3.05, 3.63) is 28.5 Å². The van der Waals surface area contributed by atoms with Crippen LogP contribution in [0.1, 0.15) is 25.0 Å². The van der Waals surface area contributed by atoms with E-state index in [1.807, 2.05) is 36.6 Å². The van der Waals surface area contributed by atoms with E-state index < -0.39 is 0 Å². The Kier molecular flexibility index (Phi) is 4.47. The first-order valence-corrected chi connectivity index (χ1v) is 7.32. The smallest absolute Gasteiger partial charge is 0.239 e. The number of carbonyl (C=O) groups excluding carboxylic acids is 1. The molecular weight excluding hydrogens is 330 g/mol. The topological polar surface area (TPSA) is 46.9 Å². The van der Waals surface area contributed by atoms with Crippen molar-refractivity contribution in [1.29, 1.82) is 0 Å². The molecule has 4 nitrogen and oxygen atoms in total. The van der Waals surface area contributed by atoms with Gasteiger partial charge in [-0.3, -0.25) is 4.79 Å². The lowest BCUT2D eigenvalue weighted by molar-refractivity contribution is -0.121. The van der Waals surface area contributed by atoms with Crippen molar-refractivity contribution in [3.63, 3.8) is 0 Å². The maximum absolute atomic E-state index is 11.8. The van der Waals surface area contributed by atoms with Gasteiger partial charge < -0.3 is 9.88 Å². The van der Waals surface area contributed by atoms with Gasteiger partial charge in [0.05, 0.1) is 16.4 Å². The highest BCUT2D eigenvalue weighted by molar-refractivity contribution is 9.10. The van der Waals surface area contributed by atoms with Gasteiger partial charge in [-0.05, 0) is 32.0 Å². The summed E-state index contributed by atoms with van der Waals surface area (Å²) in [4.78, 5) is 16.3. The summed E-state index contributed by atoms with van der Waals surface area (Å²) in [6.07, 6.45) is 0. The van der Waals surface area contributed by atoms with E-state index in [-0.39, 0.29) is 17.8 Å². The van der Waals surface area contributed by atoms with Gasteiger partial charge in [0.2, 0.25) is 5.91 Å². The van der Waals surface area contributed by atoms with Crippen LogP contribution in [0.2, 0.25) is 0 Å². The maximum atomic E-state index is 11.8. The molecule has 0 aliphatic carbocycles. The van der Waals surface area contributed by atoms with Crippen LogP contribution in [0.25, 0.3) is 11.0 Å². The first-order valence-electron chi connectivity index (χ1n) is 6.09. The normalized spacial score (nSPS) is 12.6. The van der Waals surface area contributed by atoms with Crippen LogP contribution in [-0.2, 0) is 11.3 Å². The molecule has 0 saturated carbocycles. The Morgan fingerprint density at radius 2 is 2.32 bits per heavy atom. The molecule has 1 aromatic carbocycles. The lowest BCUT2D eigenvalue weighted by Crippen LogP contribution is -2.27. The molecule has 0 bridgehead atoms. The number of likely N-dealkylation sites (N-methyl/N-ethyl adjacent to an activating group) is 1. The van der Waals surface area contributed by atoms with E-state index in [2.05, 4.69) is 26.2 Å². The maximum Gasteiger partial charge on any atom is 0.239 e. The van der Waals surface area contributed by atoms with Gasteiger partial charge in [-0.1, -0.05) is 15.9 Å². The zero-order valence-electron chi connectivity index (χ0n) is 10.8. The molecule has 2 aromatic rings. The third kappa shape index (κ3) is 3.09. The molecule has 2 rings (SSSR count). The molecule has 0 saturated heterocycles. The number of hydrogen-bond donors (Lipinski definition) is 1. The summed E-state index contributed by atoms with van der Waals surface area (Å²) in [5.74, 6) is 0.671. The summed E-state index contributed by atoms with van der Waals surface area (Å²) < 4.78 is 2.82.